The molecule has 16 nitrogen and oxygen atoms in total. The van der Waals surface area contributed by atoms with Crippen molar-refractivity contribution < 1.29 is 9.47 Å². The smallest absolute Gasteiger partial charge is 0.227 e. The summed E-state index contributed by atoms with van der Waals surface area (Å²) in [5.74, 6) is 18.7. The number of hydrogen-bond donors (Lipinski definition) is 2. The summed E-state index contributed by atoms with van der Waals surface area (Å²) in [5.41, 5.74) is 3.68. The van der Waals surface area contributed by atoms with Gasteiger partial charge in [-0.3, -0.25) is 0 Å². The van der Waals surface area contributed by atoms with Gasteiger partial charge in [0.25, 0.3) is 0 Å². The number of aromatic nitrogens is 4. The minimum atomic E-state index is 0.400. The number of benzene rings is 2. The van der Waals surface area contributed by atoms with Crippen molar-refractivity contribution in [2.45, 2.75) is 129 Å². The Morgan fingerprint density at radius 2 is 0.885 bits per heavy atom. The van der Waals surface area contributed by atoms with Gasteiger partial charge in [-0.1, -0.05) is 23.7 Å². The van der Waals surface area contributed by atoms with Gasteiger partial charge in [0.15, 0.2) is 0 Å². The highest BCUT2D eigenvalue weighted by atomic mass is 16.5. The average Bonchev–Trinajstić information content (AvgIpc) is 4.16. The number of hydrogen-bond acceptors (Lipinski definition) is 16. The third-order valence-corrected chi connectivity index (χ3v) is 17.2. The highest BCUT2D eigenvalue weighted by molar-refractivity contribution is 5.94. The highest BCUT2D eigenvalue weighted by Gasteiger charge is 2.27. The van der Waals surface area contributed by atoms with Crippen molar-refractivity contribution in [2.24, 2.45) is 0 Å². The van der Waals surface area contributed by atoms with E-state index in [2.05, 4.69) is 140 Å². The van der Waals surface area contributed by atoms with Crippen LogP contribution in [0.15, 0.2) is 24.3 Å². The molecule has 2 N–H and O–H groups in total. The Hall–Kier alpha value is -5.20. The van der Waals surface area contributed by atoms with Crippen LogP contribution < -0.4 is 29.9 Å². The molecule has 2 aromatic heterocycles. The van der Waals surface area contributed by atoms with Gasteiger partial charge in [-0.25, -0.2) is 9.97 Å². The molecule has 10 rings (SSSR count). The number of fused-ring (bicyclic) bond motifs is 2. The molecule has 0 atom stereocenters. The zero-order chi connectivity index (χ0) is 54.4. The molecule has 2 aromatic carbocycles. The Bertz CT molecular complexity index is 2500. The summed E-state index contributed by atoms with van der Waals surface area (Å²) in [7, 11) is 7.85. The molecule has 0 spiro atoms. The third kappa shape index (κ3) is 15.6. The second-order valence-electron chi connectivity index (χ2n) is 23.5. The van der Waals surface area contributed by atoms with Crippen molar-refractivity contribution in [3.8, 4) is 35.2 Å². The molecule has 0 radical (unpaired) electrons. The Balaban J connectivity index is 0.000000190. The van der Waals surface area contributed by atoms with Crippen molar-refractivity contribution in [1.82, 2.24) is 49.3 Å². The molecule has 16 heteroatoms. The quantitative estimate of drug-likeness (QED) is 0.120. The Morgan fingerprint density at radius 1 is 0.487 bits per heavy atom. The Kier molecular flexibility index (Phi) is 20.8. The number of ether oxygens (including phenoxy) is 2. The molecule has 424 valence electrons. The van der Waals surface area contributed by atoms with E-state index in [0.29, 0.717) is 24.2 Å². The van der Waals surface area contributed by atoms with Gasteiger partial charge in [0.1, 0.15) is 23.1 Å². The summed E-state index contributed by atoms with van der Waals surface area (Å²) in [5, 5.41) is 9.68. The number of rotatable bonds is 14. The normalized spacial score (nSPS) is 20.3. The molecule has 6 saturated heterocycles. The number of nitrogens with one attached hydrogen (secondary N) is 2. The Labute approximate surface area is 468 Å². The fraction of sp³-hybridized carbons (Fsp3) is 0.677. The van der Waals surface area contributed by atoms with Crippen molar-refractivity contribution in [3.63, 3.8) is 0 Å². The van der Waals surface area contributed by atoms with Gasteiger partial charge in [0.05, 0.1) is 36.4 Å². The highest BCUT2D eigenvalue weighted by Crippen LogP contribution is 2.34. The van der Waals surface area contributed by atoms with Crippen molar-refractivity contribution in [2.75, 3.05) is 167 Å². The van der Waals surface area contributed by atoms with Crippen LogP contribution in [0.25, 0.3) is 21.8 Å². The lowest BCUT2D eigenvalue weighted by Gasteiger charge is -2.35. The van der Waals surface area contributed by atoms with Crippen molar-refractivity contribution in [1.29, 1.82) is 0 Å². The van der Waals surface area contributed by atoms with Crippen LogP contribution in [-0.4, -0.2) is 220 Å². The van der Waals surface area contributed by atoms with E-state index in [-0.39, 0.29) is 0 Å². The van der Waals surface area contributed by atoms with Crippen LogP contribution in [0.4, 0.5) is 23.5 Å². The first-order valence-corrected chi connectivity index (χ1v) is 30.1. The Morgan fingerprint density at radius 3 is 1.26 bits per heavy atom. The summed E-state index contributed by atoms with van der Waals surface area (Å²) in [6, 6.07) is 10.4. The standard InChI is InChI=1S/2C31H47N7O/c2*1-24(2)37-18-11-26(12-19-37)32-30-27-23-29(39-4)25(10-5-6-14-36-15-7-8-16-36)22-28(27)33-31(34-30)38-17-9-13-35(3)20-21-38/h2*22-24,26H,6-9,11-21H2,1-4H3,(H,32,33,34). The fourth-order valence-corrected chi connectivity index (χ4v) is 12.1. The van der Waals surface area contributed by atoms with Crippen LogP contribution in [-0.2, 0) is 0 Å². The van der Waals surface area contributed by atoms with Gasteiger partial charge in [0, 0.05) is 126 Å². The molecule has 0 saturated carbocycles. The van der Waals surface area contributed by atoms with Crippen molar-refractivity contribution >= 4 is 45.3 Å². The lowest BCUT2D eigenvalue weighted by Crippen LogP contribution is -2.42. The second-order valence-corrected chi connectivity index (χ2v) is 23.5. The lowest BCUT2D eigenvalue weighted by atomic mass is 10.0. The van der Waals surface area contributed by atoms with Gasteiger partial charge >= 0.3 is 0 Å². The molecule has 0 unspecified atom stereocenters. The van der Waals surface area contributed by atoms with Gasteiger partial charge < -0.3 is 59.3 Å². The zero-order valence-electron chi connectivity index (χ0n) is 49.0. The van der Waals surface area contributed by atoms with E-state index in [1.165, 1.54) is 51.9 Å². The van der Waals surface area contributed by atoms with E-state index < -0.39 is 0 Å². The van der Waals surface area contributed by atoms with Gasteiger partial charge in [-0.15, -0.1) is 0 Å². The first-order chi connectivity index (χ1) is 38.0. The first-order valence-electron chi connectivity index (χ1n) is 30.1. The first kappa shape index (κ1) is 57.5. The van der Waals surface area contributed by atoms with E-state index in [1.54, 1.807) is 14.2 Å². The van der Waals surface area contributed by atoms with E-state index >= 15 is 0 Å². The number of likely N-dealkylation sites (N-methyl/N-ethyl adjacent to an activating group) is 2. The second kappa shape index (κ2) is 28.3. The third-order valence-electron chi connectivity index (χ3n) is 17.2. The minimum Gasteiger partial charge on any atom is -0.495 e. The van der Waals surface area contributed by atoms with Gasteiger partial charge in [-0.2, -0.15) is 9.97 Å². The number of likely N-dealkylation sites (tertiary alicyclic amines) is 4. The van der Waals surface area contributed by atoms with E-state index in [1.807, 2.05) is 0 Å². The fourth-order valence-electron chi connectivity index (χ4n) is 12.1. The van der Waals surface area contributed by atoms with Crippen LogP contribution in [0.1, 0.15) is 116 Å². The largest absolute Gasteiger partial charge is 0.495 e. The minimum absolute atomic E-state index is 0.400. The average molecular weight is 1070 g/mol. The molecular formula is C62H94N14O2. The topological polar surface area (TPSA) is 120 Å². The predicted molar refractivity (Wildman–Crippen MR) is 322 cm³/mol. The van der Waals surface area contributed by atoms with Crippen LogP contribution in [0.3, 0.4) is 0 Å². The van der Waals surface area contributed by atoms with Gasteiger partial charge in [-0.05, 0) is 170 Å². The molecule has 0 bridgehead atoms. The van der Waals surface area contributed by atoms with Crippen molar-refractivity contribution in [3.05, 3.63) is 35.4 Å². The molecule has 6 aliphatic heterocycles. The van der Waals surface area contributed by atoms with E-state index in [9.17, 15) is 0 Å². The summed E-state index contributed by atoms with van der Waals surface area (Å²) < 4.78 is 11.7. The number of methoxy groups -OCH3 is 2. The predicted octanol–water partition coefficient (Wildman–Crippen LogP) is 7.80. The summed E-state index contributed by atoms with van der Waals surface area (Å²) in [4.78, 5) is 40.1. The summed E-state index contributed by atoms with van der Waals surface area (Å²) in [6.45, 7) is 28.6. The molecule has 78 heavy (non-hydrogen) atoms. The molecule has 4 aromatic rings. The molecule has 6 aliphatic rings. The summed E-state index contributed by atoms with van der Waals surface area (Å²) in [6.07, 6.45) is 13.7. The number of piperidine rings is 2. The van der Waals surface area contributed by atoms with Crippen LogP contribution in [0.2, 0.25) is 0 Å². The maximum Gasteiger partial charge on any atom is 0.227 e. The monoisotopic (exact) mass is 1070 g/mol. The van der Waals surface area contributed by atoms with E-state index in [4.69, 9.17) is 29.4 Å². The molecule has 0 amide bonds. The molecule has 8 heterocycles. The van der Waals surface area contributed by atoms with Crippen LogP contribution in [0.5, 0.6) is 11.5 Å². The molecule has 6 fully saturated rings. The molecule has 0 aliphatic carbocycles. The van der Waals surface area contributed by atoms with Crippen LogP contribution >= 0.6 is 0 Å². The maximum atomic E-state index is 5.83. The lowest BCUT2D eigenvalue weighted by molar-refractivity contribution is 0.177. The number of anilines is 4. The van der Waals surface area contributed by atoms with E-state index in [0.717, 1.165) is 211 Å². The molecular weight excluding hydrogens is 973 g/mol. The zero-order valence-corrected chi connectivity index (χ0v) is 49.0. The number of nitrogens with zero attached hydrogens (tertiary/aromatic N) is 12. The maximum absolute atomic E-state index is 5.83. The van der Waals surface area contributed by atoms with Gasteiger partial charge in [0.2, 0.25) is 11.9 Å². The SMILES string of the molecule is COc1cc2c(NC3CCN(C(C)C)CC3)nc(N3CCCN(C)CC3)nc2cc1C#CCCN1CCCC1.COc1cc2c(NC3CCN(C(C)C)CC3)nc(N3CCCN(C)CC3)nc2cc1C#CCCN1CCCC1. The summed E-state index contributed by atoms with van der Waals surface area (Å²) >= 11 is 0. The van der Waals surface area contributed by atoms with Crippen LogP contribution in [0, 0.1) is 23.7 Å².